The summed E-state index contributed by atoms with van der Waals surface area (Å²) in [4.78, 5) is 37.0. The molecule has 0 fully saturated rings. The molecule has 0 aliphatic carbocycles. The van der Waals surface area contributed by atoms with Gasteiger partial charge in [0.2, 0.25) is 5.91 Å². The number of esters is 1. The molecular formula is C18H26N2O5. The van der Waals surface area contributed by atoms with Crippen LogP contribution in [0, 0.1) is 0 Å². The Bertz CT molecular complexity index is 571. The Morgan fingerprint density at radius 3 is 2.32 bits per heavy atom. The van der Waals surface area contributed by atoms with E-state index in [-0.39, 0.29) is 12.5 Å². The van der Waals surface area contributed by atoms with Crippen molar-refractivity contribution >= 4 is 17.8 Å². The predicted molar refractivity (Wildman–Crippen MR) is 93.4 cm³/mol. The Hall–Kier alpha value is -2.57. The van der Waals surface area contributed by atoms with Crippen molar-refractivity contribution in [3.8, 4) is 5.75 Å². The van der Waals surface area contributed by atoms with Crippen molar-refractivity contribution < 1.29 is 23.9 Å². The molecular weight excluding hydrogens is 324 g/mol. The summed E-state index contributed by atoms with van der Waals surface area (Å²) in [5.41, 5.74) is 0.337. The predicted octanol–water partition coefficient (Wildman–Crippen LogP) is 1.62. The summed E-state index contributed by atoms with van der Waals surface area (Å²) in [6.45, 7) is 6.58. The van der Waals surface area contributed by atoms with Gasteiger partial charge in [0.05, 0.1) is 18.7 Å². The Morgan fingerprint density at radius 1 is 1.08 bits per heavy atom. The van der Waals surface area contributed by atoms with E-state index in [0.717, 1.165) is 6.42 Å². The molecule has 0 unspecified atom stereocenters. The van der Waals surface area contributed by atoms with Crippen molar-refractivity contribution in [3.05, 3.63) is 29.8 Å². The van der Waals surface area contributed by atoms with Crippen molar-refractivity contribution in [2.24, 2.45) is 0 Å². The Morgan fingerprint density at radius 2 is 1.76 bits per heavy atom. The highest BCUT2D eigenvalue weighted by molar-refractivity contribution is 5.92. The second kappa shape index (κ2) is 11.1. The molecule has 0 radical (unpaired) electrons. The molecule has 1 aromatic rings. The van der Waals surface area contributed by atoms with Gasteiger partial charge in [-0.15, -0.1) is 0 Å². The van der Waals surface area contributed by atoms with E-state index in [9.17, 15) is 14.4 Å². The van der Waals surface area contributed by atoms with Gasteiger partial charge in [0.25, 0.3) is 5.91 Å². The second-order valence-corrected chi connectivity index (χ2v) is 5.31. The smallest absolute Gasteiger partial charge is 0.338 e. The zero-order valence-electron chi connectivity index (χ0n) is 15.0. The Kier molecular flexibility index (Phi) is 9.06. The summed E-state index contributed by atoms with van der Waals surface area (Å²) in [7, 11) is 0. The zero-order valence-corrected chi connectivity index (χ0v) is 15.0. The first kappa shape index (κ1) is 20.5. The third-order valence-electron chi connectivity index (χ3n) is 3.33. The van der Waals surface area contributed by atoms with Gasteiger partial charge in [-0.2, -0.15) is 0 Å². The number of likely N-dealkylation sites (N-methyl/N-ethyl adjacent to an activating group) is 2. The van der Waals surface area contributed by atoms with Crippen LogP contribution in [0.5, 0.6) is 5.75 Å². The molecule has 0 saturated heterocycles. The highest BCUT2D eigenvalue weighted by Crippen LogP contribution is 2.13. The van der Waals surface area contributed by atoms with Crippen LogP contribution >= 0.6 is 0 Å². The molecule has 1 aromatic carbocycles. The lowest BCUT2D eigenvalue weighted by Gasteiger charge is -2.20. The highest BCUT2D eigenvalue weighted by atomic mass is 16.5. The van der Waals surface area contributed by atoms with Crippen LogP contribution in [0.4, 0.5) is 0 Å². The molecule has 138 valence electrons. The normalized spacial score (nSPS) is 10.0. The maximum Gasteiger partial charge on any atom is 0.338 e. The molecule has 0 atom stereocenters. The van der Waals surface area contributed by atoms with E-state index in [1.54, 1.807) is 38.1 Å². The first-order valence-corrected chi connectivity index (χ1v) is 8.46. The van der Waals surface area contributed by atoms with Crippen molar-refractivity contribution in [2.75, 3.05) is 32.8 Å². The van der Waals surface area contributed by atoms with Gasteiger partial charge in [-0.05, 0) is 44.5 Å². The monoisotopic (exact) mass is 350 g/mol. The maximum atomic E-state index is 12.1. The van der Waals surface area contributed by atoms with Gasteiger partial charge in [-0.25, -0.2) is 4.79 Å². The number of carbonyl (C=O) groups excluding carboxylic acids is 3. The van der Waals surface area contributed by atoms with Crippen LogP contribution in [0.15, 0.2) is 24.3 Å². The van der Waals surface area contributed by atoms with Crippen LogP contribution < -0.4 is 10.1 Å². The summed E-state index contributed by atoms with van der Waals surface area (Å²) in [6, 6.07) is 6.54. The van der Waals surface area contributed by atoms with Crippen LogP contribution in [0.25, 0.3) is 0 Å². The SMILES string of the molecule is CCCOc1ccc(C(=O)OCC(=O)N(CC)CC(=O)NCC)cc1. The molecule has 0 saturated carbocycles. The van der Waals surface area contributed by atoms with E-state index in [1.807, 2.05) is 6.92 Å². The standard InChI is InChI=1S/C18H26N2O5/c1-4-11-24-15-9-7-14(8-10-15)18(23)25-13-17(22)20(6-3)12-16(21)19-5-2/h7-10H,4-6,11-13H2,1-3H3,(H,19,21). The van der Waals surface area contributed by atoms with Crippen molar-refractivity contribution in [1.82, 2.24) is 10.2 Å². The molecule has 0 aromatic heterocycles. The maximum absolute atomic E-state index is 12.1. The molecule has 7 nitrogen and oxygen atoms in total. The van der Waals surface area contributed by atoms with Crippen molar-refractivity contribution in [1.29, 1.82) is 0 Å². The molecule has 0 aliphatic heterocycles. The minimum Gasteiger partial charge on any atom is -0.494 e. The van der Waals surface area contributed by atoms with E-state index in [4.69, 9.17) is 9.47 Å². The number of rotatable bonds is 10. The number of amides is 2. The fraction of sp³-hybridized carbons (Fsp3) is 0.500. The van der Waals surface area contributed by atoms with Crippen molar-refractivity contribution in [2.45, 2.75) is 27.2 Å². The molecule has 0 spiro atoms. The average Bonchev–Trinajstić information content (AvgIpc) is 2.62. The lowest BCUT2D eigenvalue weighted by molar-refractivity contribution is -0.138. The quantitative estimate of drug-likeness (QED) is 0.648. The lowest BCUT2D eigenvalue weighted by Crippen LogP contribution is -2.42. The third kappa shape index (κ3) is 7.24. The van der Waals surface area contributed by atoms with Gasteiger partial charge in [0.1, 0.15) is 5.75 Å². The topological polar surface area (TPSA) is 84.9 Å². The fourth-order valence-electron chi connectivity index (χ4n) is 2.01. The number of benzene rings is 1. The molecule has 25 heavy (non-hydrogen) atoms. The van der Waals surface area contributed by atoms with E-state index in [0.29, 0.717) is 31.0 Å². The fourth-order valence-corrected chi connectivity index (χ4v) is 2.01. The summed E-state index contributed by atoms with van der Waals surface area (Å²) in [5.74, 6) is -0.574. The molecule has 7 heteroatoms. The summed E-state index contributed by atoms with van der Waals surface area (Å²) < 4.78 is 10.5. The van der Waals surface area contributed by atoms with Crippen molar-refractivity contribution in [3.63, 3.8) is 0 Å². The van der Waals surface area contributed by atoms with Crippen LogP contribution in [0.3, 0.4) is 0 Å². The largest absolute Gasteiger partial charge is 0.494 e. The zero-order chi connectivity index (χ0) is 18.7. The Labute approximate surface area is 148 Å². The molecule has 0 heterocycles. The highest BCUT2D eigenvalue weighted by Gasteiger charge is 2.17. The summed E-state index contributed by atoms with van der Waals surface area (Å²) >= 11 is 0. The first-order chi connectivity index (χ1) is 12.0. The summed E-state index contributed by atoms with van der Waals surface area (Å²) in [5, 5.41) is 2.62. The van der Waals surface area contributed by atoms with Crippen LogP contribution in [0.2, 0.25) is 0 Å². The van der Waals surface area contributed by atoms with E-state index in [2.05, 4.69) is 5.32 Å². The minimum atomic E-state index is -0.593. The van der Waals surface area contributed by atoms with E-state index >= 15 is 0 Å². The molecule has 1 rings (SSSR count). The van der Waals surface area contributed by atoms with Gasteiger partial charge in [0, 0.05) is 13.1 Å². The van der Waals surface area contributed by atoms with Gasteiger partial charge in [0.15, 0.2) is 6.61 Å². The lowest BCUT2D eigenvalue weighted by atomic mass is 10.2. The van der Waals surface area contributed by atoms with Crippen LogP contribution in [-0.2, 0) is 14.3 Å². The number of nitrogens with one attached hydrogen (secondary N) is 1. The third-order valence-corrected chi connectivity index (χ3v) is 3.33. The van der Waals surface area contributed by atoms with Gasteiger partial charge in [-0.3, -0.25) is 9.59 Å². The summed E-state index contributed by atoms with van der Waals surface area (Å²) in [6.07, 6.45) is 0.899. The van der Waals surface area contributed by atoms with Gasteiger partial charge >= 0.3 is 5.97 Å². The van der Waals surface area contributed by atoms with E-state index < -0.39 is 18.5 Å². The molecule has 1 N–H and O–H groups in total. The number of ether oxygens (including phenoxy) is 2. The Balaban J connectivity index is 2.50. The van der Waals surface area contributed by atoms with Gasteiger partial charge < -0.3 is 19.7 Å². The number of hydrogen-bond acceptors (Lipinski definition) is 5. The molecule has 0 aliphatic rings. The second-order valence-electron chi connectivity index (χ2n) is 5.31. The average molecular weight is 350 g/mol. The van der Waals surface area contributed by atoms with Gasteiger partial charge in [-0.1, -0.05) is 6.92 Å². The molecule has 2 amide bonds. The van der Waals surface area contributed by atoms with Crippen LogP contribution in [0.1, 0.15) is 37.6 Å². The minimum absolute atomic E-state index is 0.0514. The number of nitrogens with zero attached hydrogens (tertiary/aromatic N) is 1. The first-order valence-electron chi connectivity index (χ1n) is 8.46. The van der Waals surface area contributed by atoms with E-state index in [1.165, 1.54) is 4.90 Å². The number of carbonyl (C=O) groups is 3. The van der Waals surface area contributed by atoms with Crippen LogP contribution in [-0.4, -0.2) is 55.5 Å². The number of hydrogen-bond donors (Lipinski definition) is 1. The molecule has 0 bridgehead atoms.